The molecule has 0 saturated carbocycles. The van der Waals surface area contributed by atoms with E-state index in [1.807, 2.05) is 19.1 Å². The summed E-state index contributed by atoms with van der Waals surface area (Å²) in [5, 5.41) is 4.45. The van der Waals surface area contributed by atoms with Crippen LogP contribution in [0.5, 0.6) is 11.5 Å². The first kappa shape index (κ1) is 22.3. The Kier molecular flexibility index (Phi) is 7.65. The molecular weight excluding hydrogens is 439 g/mol. The number of rotatable bonds is 7. The van der Waals surface area contributed by atoms with E-state index in [1.54, 1.807) is 54.6 Å². The van der Waals surface area contributed by atoms with E-state index in [0.29, 0.717) is 27.6 Å². The van der Waals surface area contributed by atoms with Gasteiger partial charge >= 0.3 is 5.97 Å². The van der Waals surface area contributed by atoms with Gasteiger partial charge in [0.25, 0.3) is 5.91 Å². The Hall–Kier alpha value is -3.35. The summed E-state index contributed by atoms with van der Waals surface area (Å²) in [4.78, 5) is 24.1. The van der Waals surface area contributed by atoms with Crippen LogP contribution in [0.1, 0.15) is 21.5 Å². The largest absolute Gasteiger partial charge is 0.482 e. The maximum Gasteiger partial charge on any atom is 0.343 e. The van der Waals surface area contributed by atoms with E-state index in [-0.39, 0.29) is 11.6 Å². The first-order valence-electron chi connectivity index (χ1n) is 9.20. The molecule has 8 heteroatoms. The molecule has 0 saturated heterocycles. The predicted octanol–water partition coefficient (Wildman–Crippen LogP) is 5.05. The molecule has 0 spiro atoms. The number of carbonyl (C=O) groups excluding carboxylic acids is 2. The van der Waals surface area contributed by atoms with Gasteiger partial charge in [0.05, 0.1) is 16.8 Å². The van der Waals surface area contributed by atoms with Crippen molar-refractivity contribution in [3.63, 3.8) is 0 Å². The van der Waals surface area contributed by atoms with Crippen molar-refractivity contribution in [3.05, 3.63) is 93.5 Å². The Bertz CT molecular complexity index is 1110. The van der Waals surface area contributed by atoms with Crippen molar-refractivity contribution in [2.75, 3.05) is 6.61 Å². The van der Waals surface area contributed by atoms with Crippen LogP contribution in [0.3, 0.4) is 0 Å². The van der Waals surface area contributed by atoms with Crippen LogP contribution in [0.4, 0.5) is 0 Å². The summed E-state index contributed by atoms with van der Waals surface area (Å²) in [6, 6.07) is 18.8. The van der Waals surface area contributed by atoms with E-state index in [1.165, 1.54) is 6.21 Å². The topological polar surface area (TPSA) is 77.0 Å². The number of hydrogen-bond acceptors (Lipinski definition) is 5. The molecular formula is C23H18Cl2N2O4. The van der Waals surface area contributed by atoms with Crippen LogP contribution < -0.4 is 14.9 Å². The molecule has 0 fully saturated rings. The lowest BCUT2D eigenvalue weighted by atomic mass is 10.1. The first-order chi connectivity index (χ1) is 14.9. The van der Waals surface area contributed by atoms with Crippen molar-refractivity contribution in [2.24, 2.45) is 5.10 Å². The fourth-order valence-electron chi connectivity index (χ4n) is 2.54. The minimum atomic E-state index is -0.462. The third-order valence-electron chi connectivity index (χ3n) is 4.13. The number of nitrogens with zero attached hydrogens (tertiary/aromatic N) is 1. The summed E-state index contributed by atoms with van der Waals surface area (Å²) in [5.41, 5.74) is 4.41. The first-order valence-corrected chi connectivity index (χ1v) is 9.96. The third-order valence-corrected chi connectivity index (χ3v) is 4.93. The SMILES string of the molecule is Cc1ccccc1C(=O)Oc1ccc(/C=N/NC(=O)COc2cccc(Cl)c2Cl)cc1. The fourth-order valence-corrected chi connectivity index (χ4v) is 2.88. The minimum Gasteiger partial charge on any atom is -0.482 e. The number of hydrogen-bond donors (Lipinski definition) is 1. The molecule has 0 bridgehead atoms. The van der Waals surface area contributed by atoms with Crippen molar-refractivity contribution >= 4 is 41.3 Å². The van der Waals surface area contributed by atoms with Crippen LogP contribution in [0.2, 0.25) is 10.0 Å². The highest BCUT2D eigenvalue weighted by molar-refractivity contribution is 6.42. The van der Waals surface area contributed by atoms with Gasteiger partial charge in [-0.15, -0.1) is 0 Å². The molecule has 0 aliphatic rings. The van der Waals surface area contributed by atoms with Crippen LogP contribution in [0.25, 0.3) is 0 Å². The monoisotopic (exact) mass is 456 g/mol. The fraction of sp³-hybridized carbons (Fsp3) is 0.0870. The predicted molar refractivity (Wildman–Crippen MR) is 120 cm³/mol. The molecule has 6 nitrogen and oxygen atoms in total. The van der Waals surface area contributed by atoms with Gasteiger partial charge in [-0.05, 0) is 60.5 Å². The average Bonchev–Trinajstić information content (AvgIpc) is 2.76. The van der Waals surface area contributed by atoms with Crippen LogP contribution in [-0.2, 0) is 4.79 Å². The van der Waals surface area contributed by atoms with Gasteiger partial charge in [-0.2, -0.15) is 5.10 Å². The van der Waals surface area contributed by atoms with Gasteiger partial charge in [-0.1, -0.05) is 47.5 Å². The molecule has 0 aromatic heterocycles. The number of nitrogens with one attached hydrogen (secondary N) is 1. The van der Waals surface area contributed by atoms with E-state index in [2.05, 4.69) is 10.5 Å². The molecule has 0 radical (unpaired) electrons. The molecule has 0 heterocycles. The molecule has 0 unspecified atom stereocenters. The lowest BCUT2D eigenvalue weighted by molar-refractivity contribution is -0.123. The molecule has 158 valence electrons. The van der Waals surface area contributed by atoms with Crippen molar-refractivity contribution in [1.29, 1.82) is 0 Å². The highest BCUT2D eigenvalue weighted by Crippen LogP contribution is 2.31. The number of benzene rings is 3. The summed E-state index contributed by atoms with van der Waals surface area (Å²) in [5.74, 6) is -0.173. The number of ether oxygens (including phenoxy) is 2. The second-order valence-corrected chi connectivity index (χ2v) is 7.19. The van der Waals surface area contributed by atoms with Gasteiger partial charge in [0.2, 0.25) is 0 Å². The zero-order chi connectivity index (χ0) is 22.2. The summed E-state index contributed by atoms with van der Waals surface area (Å²) in [6.45, 7) is 1.57. The number of amides is 1. The maximum atomic E-state index is 12.2. The smallest absolute Gasteiger partial charge is 0.343 e. The van der Waals surface area contributed by atoms with Crippen molar-refractivity contribution in [1.82, 2.24) is 5.43 Å². The summed E-state index contributed by atoms with van der Waals surface area (Å²) in [7, 11) is 0. The molecule has 0 aliphatic heterocycles. The van der Waals surface area contributed by atoms with Crippen LogP contribution >= 0.6 is 23.2 Å². The maximum absolute atomic E-state index is 12.2. The van der Waals surface area contributed by atoms with Gasteiger partial charge in [-0.3, -0.25) is 4.79 Å². The molecule has 3 aromatic rings. The Morgan fingerprint density at radius 1 is 1.00 bits per heavy atom. The van der Waals surface area contributed by atoms with E-state index in [9.17, 15) is 9.59 Å². The molecule has 0 atom stereocenters. The van der Waals surface area contributed by atoms with Gasteiger partial charge < -0.3 is 9.47 Å². The quantitative estimate of drug-likeness (QED) is 0.233. The molecule has 31 heavy (non-hydrogen) atoms. The summed E-state index contributed by atoms with van der Waals surface area (Å²) >= 11 is 11.9. The zero-order valence-corrected chi connectivity index (χ0v) is 18.0. The van der Waals surface area contributed by atoms with Gasteiger partial charge in [0, 0.05) is 0 Å². The highest BCUT2D eigenvalue weighted by atomic mass is 35.5. The summed E-state index contributed by atoms with van der Waals surface area (Å²) < 4.78 is 10.7. The standard InChI is InChI=1S/C23H18Cl2N2O4/c1-15-5-2-3-6-18(15)23(29)31-17-11-9-16(10-12-17)13-26-27-21(28)14-30-20-8-4-7-19(24)22(20)25/h2-13H,14H2,1H3,(H,27,28)/b26-13+. The second-order valence-electron chi connectivity index (χ2n) is 6.41. The van der Waals surface area contributed by atoms with E-state index < -0.39 is 11.9 Å². The Morgan fingerprint density at radius 2 is 1.74 bits per heavy atom. The zero-order valence-electron chi connectivity index (χ0n) is 16.5. The lowest BCUT2D eigenvalue weighted by Crippen LogP contribution is -2.24. The van der Waals surface area contributed by atoms with Crippen LogP contribution in [0.15, 0.2) is 71.8 Å². The number of halogens is 2. The Balaban J connectivity index is 1.49. The molecule has 3 rings (SSSR count). The number of hydrazone groups is 1. The second kappa shape index (κ2) is 10.6. The average molecular weight is 457 g/mol. The van der Waals surface area contributed by atoms with E-state index in [4.69, 9.17) is 32.7 Å². The van der Waals surface area contributed by atoms with Crippen molar-refractivity contribution in [2.45, 2.75) is 6.92 Å². The summed E-state index contributed by atoms with van der Waals surface area (Å²) in [6.07, 6.45) is 1.46. The number of aryl methyl sites for hydroxylation is 1. The normalized spacial score (nSPS) is 10.7. The van der Waals surface area contributed by atoms with Gasteiger partial charge in [0.15, 0.2) is 6.61 Å². The Labute approximate surface area is 189 Å². The lowest BCUT2D eigenvalue weighted by Gasteiger charge is -2.07. The van der Waals surface area contributed by atoms with Crippen molar-refractivity contribution in [3.8, 4) is 11.5 Å². The highest BCUT2D eigenvalue weighted by Gasteiger charge is 2.11. The van der Waals surface area contributed by atoms with Crippen LogP contribution in [0, 0.1) is 6.92 Å². The number of esters is 1. The van der Waals surface area contributed by atoms with Gasteiger partial charge in [0.1, 0.15) is 16.5 Å². The third kappa shape index (κ3) is 6.31. The molecule has 1 N–H and O–H groups in total. The molecule has 0 aliphatic carbocycles. The number of carbonyl (C=O) groups is 2. The molecule has 3 aromatic carbocycles. The minimum absolute atomic E-state index is 0.240. The molecule has 1 amide bonds. The van der Waals surface area contributed by atoms with Gasteiger partial charge in [-0.25, -0.2) is 10.2 Å². The Morgan fingerprint density at radius 3 is 2.48 bits per heavy atom. The van der Waals surface area contributed by atoms with Crippen molar-refractivity contribution < 1.29 is 19.1 Å². The van der Waals surface area contributed by atoms with Crippen LogP contribution in [-0.4, -0.2) is 24.7 Å². The van der Waals surface area contributed by atoms with E-state index in [0.717, 1.165) is 5.56 Å². The van der Waals surface area contributed by atoms with E-state index >= 15 is 0 Å².